The van der Waals surface area contributed by atoms with E-state index in [0.29, 0.717) is 6.07 Å². The number of ether oxygens (including phenoxy) is 2. The number of halogens is 2. The van der Waals surface area contributed by atoms with Crippen LogP contribution in [-0.4, -0.2) is 64.3 Å². The van der Waals surface area contributed by atoms with Crippen molar-refractivity contribution >= 4 is 15.9 Å². The van der Waals surface area contributed by atoms with Crippen LogP contribution in [0.15, 0.2) is 18.2 Å². The second-order valence-electron chi connectivity index (χ2n) is 5.90. The fourth-order valence-electron chi connectivity index (χ4n) is 2.33. The van der Waals surface area contributed by atoms with Crippen LogP contribution in [0.2, 0.25) is 0 Å². The van der Waals surface area contributed by atoms with E-state index in [4.69, 9.17) is 9.47 Å². The molecule has 0 radical (unpaired) electrons. The Hall–Kier alpha value is -1.78. The van der Waals surface area contributed by atoms with Crippen molar-refractivity contribution in [2.75, 3.05) is 39.7 Å². The highest BCUT2D eigenvalue weighted by Crippen LogP contribution is 2.19. The topological polar surface area (TPSA) is 84.9 Å². The minimum Gasteiger partial charge on any atom is -0.481 e. The number of nitrogens with one attached hydrogen (secondary N) is 1. The molecule has 0 unspecified atom stereocenters. The highest BCUT2D eigenvalue weighted by molar-refractivity contribution is 7.89. The molecule has 1 fully saturated rings. The third kappa shape index (κ3) is 5.35. The number of sulfonamides is 1. The van der Waals surface area contributed by atoms with Crippen molar-refractivity contribution in [3.05, 3.63) is 29.8 Å². The summed E-state index contributed by atoms with van der Waals surface area (Å²) in [4.78, 5) is 11.9. The lowest BCUT2D eigenvalue weighted by molar-refractivity contribution is -0.124. The summed E-state index contributed by atoms with van der Waals surface area (Å²) in [7, 11) is -0.561. The van der Waals surface area contributed by atoms with Gasteiger partial charge in [0.1, 0.15) is 5.82 Å². The first-order valence-corrected chi connectivity index (χ1v) is 9.15. The lowest BCUT2D eigenvalue weighted by Crippen LogP contribution is -2.45. The van der Waals surface area contributed by atoms with Gasteiger partial charge in [0, 0.05) is 26.1 Å². The maximum atomic E-state index is 13.4. The minimum atomic E-state index is -3.43. The number of carbonyl (C=O) groups is 1. The lowest BCUT2D eigenvalue weighted by Gasteiger charge is -2.21. The van der Waals surface area contributed by atoms with E-state index in [2.05, 4.69) is 5.32 Å². The van der Waals surface area contributed by atoms with E-state index >= 15 is 0 Å². The van der Waals surface area contributed by atoms with E-state index in [1.807, 2.05) is 0 Å². The number of hydrogen-bond acceptors (Lipinski definition) is 5. The molecular formula is C15H20F2N2O5S. The number of nitrogens with zero attached hydrogens (tertiary/aromatic N) is 1. The summed E-state index contributed by atoms with van der Waals surface area (Å²) >= 11 is 0. The predicted octanol–water partition coefficient (Wildman–Crippen LogP) is 0.366. The van der Waals surface area contributed by atoms with Gasteiger partial charge in [0.05, 0.1) is 25.0 Å². The Bertz CT molecular complexity index is 727. The molecule has 7 nitrogen and oxygen atoms in total. The van der Waals surface area contributed by atoms with Gasteiger partial charge in [0.15, 0.2) is 18.2 Å². The molecule has 140 valence electrons. The Labute approximate surface area is 145 Å². The SMILES string of the molecule is CN(C)S(=O)(=O)C[C@@H]1COC[C@@H]1NC(=O)COc1ccc(F)cc1F. The van der Waals surface area contributed by atoms with E-state index in [0.717, 1.165) is 16.4 Å². The second kappa shape index (κ2) is 8.07. The summed E-state index contributed by atoms with van der Waals surface area (Å²) < 4.78 is 61.5. The van der Waals surface area contributed by atoms with Crippen LogP contribution in [0.4, 0.5) is 8.78 Å². The lowest BCUT2D eigenvalue weighted by atomic mass is 10.1. The van der Waals surface area contributed by atoms with E-state index in [1.165, 1.54) is 14.1 Å². The van der Waals surface area contributed by atoms with Crippen molar-refractivity contribution in [2.45, 2.75) is 6.04 Å². The van der Waals surface area contributed by atoms with Gasteiger partial charge in [-0.05, 0) is 12.1 Å². The molecule has 0 bridgehead atoms. The molecule has 1 aromatic rings. The molecule has 0 saturated carbocycles. The van der Waals surface area contributed by atoms with Gasteiger partial charge in [-0.15, -0.1) is 0 Å². The summed E-state index contributed by atoms with van der Waals surface area (Å²) in [6, 6.07) is 2.27. The molecule has 1 aliphatic rings. The monoisotopic (exact) mass is 378 g/mol. The summed E-state index contributed by atoms with van der Waals surface area (Å²) in [6.45, 7) is -0.0814. The van der Waals surface area contributed by atoms with Crippen LogP contribution >= 0.6 is 0 Å². The van der Waals surface area contributed by atoms with Gasteiger partial charge in [-0.25, -0.2) is 21.5 Å². The van der Waals surface area contributed by atoms with Crippen LogP contribution in [0.3, 0.4) is 0 Å². The van der Waals surface area contributed by atoms with Gasteiger partial charge >= 0.3 is 0 Å². The molecule has 2 rings (SSSR count). The average Bonchev–Trinajstić information content (AvgIpc) is 2.92. The van der Waals surface area contributed by atoms with Crippen molar-refractivity contribution in [2.24, 2.45) is 5.92 Å². The van der Waals surface area contributed by atoms with Gasteiger partial charge in [-0.3, -0.25) is 4.79 Å². The molecule has 1 heterocycles. The molecule has 0 spiro atoms. The quantitative estimate of drug-likeness (QED) is 0.741. The normalized spacial score (nSPS) is 20.7. The highest BCUT2D eigenvalue weighted by Gasteiger charge is 2.34. The first-order valence-electron chi connectivity index (χ1n) is 7.54. The fraction of sp³-hybridized carbons (Fsp3) is 0.533. The first kappa shape index (κ1) is 19.5. The molecular weight excluding hydrogens is 358 g/mol. The molecule has 10 heteroatoms. The number of hydrogen-bond donors (Lipinski definition) is 1. The summed E-state index contributed by atoms with van der Waals surface area (Å²) in [5, 5.41) is 2.62. The smallest absolute Gasteiger partial charge is 0.258 e. The summed E-state index contributed by atoms with van der Waals surface area (Å²) in [6.07, 6.45) is 0. The van der Waals surface area contributed by atoms with Crippen molar-refractivity contribution < 1.29 is 31.5 Å². The zero-order chi connectivity index (χ0) is 18.6. The van der Waals surface area contributed by atoms with Crippen molar-refractivity contribution in [3.8, 4) is 5.75 Å². The molecule has 1 saturated heterocycles. The second-order valence-corrected chi connectivity index (χ2v) is 8.12. The Kier molecular flexibility index (Phi) is 6.31. The number of benzene rings is 1. The maximum absolute atomic E-state index is 13.4. The Morgan fingerprint density at radius 2 is 2.08 bits per heavy atom. The van der Waals surface area contributed by atoms with E-state index in [9.17, 15) is 22.0 Å². The van der Waals surface area contributed by atoms with Crippen LogP contribution in [-0.2, 0) is 19.6 Å². The molecule has 2 atom stereocenters. The molecule has 0 aromatic heterocycles. The van der Waals surface area contributed by atoms with Gasteiger partial charge in [-0.1, -0.05) is 0 Å². The number of carbonyl (C=O) groups excluding carboxylic acids is 1. The van der Waals surface area contributed by atoms with Crippen molar-refractivity contribution in [3.63, 3.8) is 0 Å². The predicted molar refractivity (Wildman–Crippen MR) is 85.6 cm³/mol. The molecule has 1 aliphatic heterocycles. The Morgan fingerprint density at radius 1 is 1.36 bits per heavy atom. The average molecular weight is 378 g/mol. The molecule has 1 aromatic carbocycles. The molecule has 0 aliphatic carbocycles. The number of rotatable bonds is 7. The molecule has 1 amide bonds. The van der Waals surface area contributed by atoms with Crippen LogP contribution in [0.25, 0.3) is 0 Å². The largest absolute Gasteiger partial charge is 0.481 e. The number of amides is 1. The van der Waals surface area contributed by atoms with Crippen molar-refractivity contribution in [1.82, 2.24) is 9.62 Å². The Balaban J connectivity index is 1.88. The van der Waals surface area contributed by atoms with Crippen LogP contribution in [0, 0.1) is 17.6 Å². The van der Waals surface area contributed by atoms with Crippen LogP contribution in [0.1, 0.15) is 0 Å². The summed E-state index contributed by atoms with van der Waals surface area (Å²) in [5.41, 5.74) is 0. The van der Waals surface area contributed by atoms with Gasteiger partial charge in [0.25, 0.3) is 5.91 Å². The van der Waals surface area contributed by atoms with E-state index in [-0.39, 0.29) is 30.6 Å². The minimum absolute atomic E-state index is 0.154. The fourth-order valence-corrected chi connectivity index (χ4v) is 3.49. The highest BCUT2D eigenvalue weighted by atomic mass is 32.2. The van der Waals surface area contributed by atoms with Crippen molar-refractivity contribution in [1.29, 1.82) is 0 Å². The van der Waals surface area contributed by atoms with Gasteiger partial charge < -0.3 is 14.8 Å². The van der Waals surface area contributed by atoms with E-state index < -0.39 is 40.2 Å². The van der Waals surface area contributed by atoms with Crippen LogP contribution in [0.5, 0.6) is 5.75 Å². The third-order valence-electron chi connectivity index (χ3n) is 3.78. The maximum Gasteiger partial charge on any atom is 0.258 e. The standard InChI is InChI=1S/C15H20F2N2O5S/c1-19(2)25(21,22)9-10-6-23-7-13(10)18-15(20)8-24-14-4-3-11(16)5-12(14)17/h3-5,10,13H,6-9H2,1-2H3,(H,18,20)/t10-,13-/m0/s1. The van der Waals surface area contributed by atoms with E-state index in [1.54, 1.807) is 0 Å². The summed E-state index contributed by atoms with van der Waals surface area (Å²) in [5.74, 6) is -3.00. The Morgan fingerprint density at radius 3 is 2.72 bits per heavy atom. The zero-order valence-electron chi connectivity index (χ0n) is 13.9. The molecule has 1 N–H and O–H groups in total. The van der Waals surface area contributed by atoms with Gasteiger partial charge in [0.2, 0.25) is 10.0 Å². The first-order chi connectivity index (χ1) is 11.7. The third-order valence-corrected chi connectivity index (χ3v) is 5.74. The van der Waals surface area contributed by atoms with Gasteiger partial charge in [-0.2, -0.15) is 0 Å². The zero-order valence-corrected chi connectivity index (χ0v) is 14.7. The molecule has 25 heavy (non-hydrogen) atoms. The van der Waals surface area contributed by atoms with Crippen LogP contribution < -0.4 is 10.1 Å².